The fourth-order valence-corrected chi connectivity index (χ4v) is 3.75. The van der Waals surface area contributed by atoms with E-state index in [4.69, 9.17) is 14.0 Å². The lowest BCUT2D eigenvalue weighted by atomic mass is 10.1. The minimum Gasteiger partial charge on any atom is -0.497 e. The Kier molecular flexibility index (Phi) is 6.31. The second kappa shape index (κ2) is 9.47. The van der Waals surface area contributed by atoms with Crippen LogP contribution in [-0.4, -0.2) is 43.4 Å². The van der Waals surface area contributed by atoms with Crippen LogP contribution in [0.1, 0.15) is 30.5 Å². The second-order valence-corrected chi connectivity index (χ2v) is 7.35. The number of allylic oxidation sites excluding steroid dienone is 1. The Balaban J connectivity index is 1.56. The summed E-state index contributed by atoms with van der Waals surface area (Å²) in [6, 6.07) is 15.4. The summed E-state index contributed by atoms with van der Waals surface area (Å²) in [7, 11) is 1.60. The van der Waals surface area contributed by atoms with Crippen molar-refractivity contribution in [3.05, 3.63) is 53.7 Å². The van der Waals surface area contributed by atoms with Gasteiger partial charge in [0.15, 0.2) is 5.58 Å². The minimum absolute atomic E-state index is 0.411. The van der Waals surface area contributed by atoms with Crippen LogP contribution in [0.2, 0.25) is 0 Å². The van der Waals surface area contributed by atoms with Crippen LogP contribution in [0.15, 0.2) is 47.0 Å². The monoisotopic (exact) mass is 403 g/mol. The SMILES string of the molecule is COc1ccc2onc(/C(C#N)=C/c3ccccc3OCCN3CCCCC3)c2c1. The average Bonchev–Trinajstić information content (AvgIpc) is 3.22. The number of rotatable bonds is 7. The number of likely N-dealkylation sites (tertiary alicyclic amines) is 1. The number of benzene rings is 2. The zero-order valence-electron chi connectivity index (χ0n) is 17.1. The summed E-state index contributed by atoms with van der Waals surface area (Å²) >= 11 is 0. The van der Waals surface area contributed by atoms with E-state index in [0.717, 1.165) is 36.3 Å². The first-order valence-corrected chi connectivity index (χ1v) is 10.3. The van der Waals surface area contributed by atoms with Crippen molar-refractivity contribution in [3.63, 3.8) is 0 Å². The lowest BCUT2D eigenvalue weighted by molar-refractivity contribution is 0.183. The molecule has 6 nitrogen and oxygen atoms in total. The van der Waals surface area contributed by atoms with E-state index < -0.39 is 0 Å². The highest BCUT2D eigenvalue weighted by molar-refractivity contribution is 5.99. The Morgan fingerprint density at radius 1 is 1.20 bits per heavy atom. The third-order valence-corrected chi connectivity index (χ3v) is 5.39. The molecule has 0 N–H and O–H groups in total. The molecule has 154 valence electrons. The van der Waals surface area contributed by atoms with Crippen molar-refractivity contribution in [2.45, 2.75) is 19.3 Å². The molecular weight excluding hydrogens is 378 g/mol. The molecule has 2 aromatic carbocycles. The van der Waals surface area contributed by atoms with E-state index >= 15 is 0 Å². The number of piperidine rings is 1. The van der Waals surface area contributed by atoms with Crippen molar-refractivity contribution in [2.75, 3.05) is 33.4 Å². The normalized spacial score (nSPS) is 15.1. The molecule has 0 atom stereocenters. The van der Waals surface area contributed by atoms with Gasteiger partial charge in [-0.25, -0.2) is 0 Å². The predicted molar refractivity (Wildman–Crippen MR) is 116 cm³/mol. The molecule has 1 saturated heterocycles. The molecule has 1 aliphatic heterocycles. The molecule has 0 aliphatic carbocycles. The van der Waals surface area contributed by atoms with Gasteiger partial charge in [-0.2, -0.15) is 5.26 Å². The van der Waals surface area contributed by atoms with E-state index in [9.17, 15) is 5.26 Å². The minimum atomic E-state index is 0.411. The molecule has 1 aromatic heterocycles. The average molecular weight is 403 g/mol. The Bertz CT molecular complexity index is 1070. The number of hydrogen-bond acceptors (Lipinski definition) is 6. The van der Waals surface area contributed by atoms with Crippen LogP contribution in [0.5, 0.6) is 11.5 Å². The number of nitriles is 1. The number of fused-ring (bicyclic) bond motifs is 1. The Morgan fingerprint density at radius 2 is 2.03 bits per heavy atom. The molecular formula is C24H25N3O3. The Labute approximate surface area is 176 Å². The molecule has 1 fully saturated rings. The molecule has 0 spiro atoms. The van der Waals surface area contributed by atoms with Crippen molar-refractivity contribution in [1.29, 1.82) is 5.26 Å². The lowest BCUT2D eigenvalue weighted by Crippen LogP contribution is -2.33. The number of methoxy groups -OCH3 is 1. The molecule has 4 rings (SSSR count). The number of nitrogens with zero attached hydrogens (tertiary/aromatic N) is 3. The largest absolute Gasteiger partial charge is 0.497 e. The van der Waals surface area contributed by atoms with Crippen molar-refractivity contribution >= 4 is 22.6 Å². The standard InChI is InChI=1S/C24H25N3O3/c1-28-20-9-10-23-21(16-20)24(26-30-23)19(17-25)15-18-7-3-4-8-22(18)29-14-13-27-11-5-2-6-12-27/h3-4,7-10,15-16H,2,5-6,11-14H2,1H3/b19-15+. The van der Waals surface area contributed by atoms with Crippen molar-refractivity contribution < 1.29 is 14.0 Å². The van der Waals surface area contributed by atoms with Crippen LogP contribution in [0, 0.1) is 11.3 Å². The first-order chi connectivity index (χ1) is 14.8. The maximum absolute atomic E-state index is 9.80. The second-order valence-electron chi connectivity index (χ2n) is 7.35. The summed E-state index contributed by atoms with van der Waals surface area (Å²) < 4.78 is 16.8. The van der Waals surface area contributed by atoms with Crippen LogP contribution < -0.4 is 9.47 Å². The summed E-state index contributed by atoms with van der Waals surface area (Å²) in [6.45, 7) is 3.83. The van der Waals surface area contributed by atoms with Gasteiger partial charge in [-0.1, -0.05) is 29.8 Å². The van der Waals surface area contributed by atoms with E-state index in [1.54, 1.807) is 25.3 Å². The molecule has 30 heavy (non-hydrogen) atoms. The van der Waals surface area contributed by atoms with E-state index in [0.29, 0.717) is 29.2 Å². The quantitative estimate of drug-likeness (QED) is 0.530. The summed E-state index contributed by atoms with van der Waals surface area (Å²) in [5.74, 6) is 1.44. The van der Waals surface area contributed by atoms with Crippen molar-refractivity contribution in [1.82, 2.24) is 10.1 Å². The maximum Gasteiger partial charge on any atom is 0.167 e. The summed E-state index contributed by atoms with van der Waals surface area (Å²) in [5.41, 5.74) is 2.35. The van der Waals surface area contributed by atoms with Gasteiger partial charge in [-0.05, 0) is 56.3 Å². The zero-order valence-corrected chi connectivity index (χ0v) is 17.1. The van der Waals surface area contributed by atoms with Gasteiger partial charge in [-0.15, -0.1) is 0 Å². The van der Waals surface area contributed by atoms with E-state index in [-0.39, 0.29) is 0 Å². The fourth-order valence-electron chi connectivity index (χ4n) is 3.75. The fraction of sp³-hybridized carbons (Fsp3) is 0.333. The van der Waals surface area contributed by atoms with Gasteiger partial charge >= 0.3 is 0 Å². The summed E-state index contributed by atoms with van der Waals surface area (Å²) in [6.07, 6.45) is 5.65. The smallest absolute Gasteiger partial charge is 0.167 e. The van der Waals surface area contributed by atoms with Gasteiger partial charge in [-0.3, -0.25) is 4.90 Å². The molecule has 2 heterocycles. The Morgan fingerprint density at radius 3 is 2.83 bits per heavy atom. The molecule has 0 radical (unpaired) electrons. The van der Waals surface area contributed by atoms with E-state index in [1.165, 1.54) is 19.3 Å². The highest BCUT2D eigenvalue weighted by Crippen LogP contribution is 2.30. The topological polar surface area (TPSA) is 71.5 Å². The van der Waals surface area contributed by atoms with Crippen LogP contribution in [0.4, 0.5) is 0 Å². The molecule has 1 aliphatic rings. The molecule has 0 amide bonds. The maximum atomic E-state index is 9.80. The highest BCUT2D eigenvalue weighted by Gasteiger charge is 2.15. The van der Waals surface area contributed by atoms with E-state index in [2.05, 4.69) is 16.1 Å². The number of hydrogen-bond donors (Lipinski definition) is 0. The lowest BCUT2D eigenvalue weighted by Gasteiger charge is -2.26. The van der Waals surface area contributed by atoms with Gasteiger partial charge in [0.05, 0.1) is 18.1 Å². The van der Waals surface area contributed by atoms with Crippen LogP contribution in [-0.2, 0) is 0 Å². The van der Waals surface area contributed by atoms with Crippen molar-refractivity contribution in [2.24, 2.45) is 0 Å². The Hall–Kier alpha value is -3.30. The number of ether oxygens (including phenoxy) is 2. The summed E-state index contributed by atoms with van der Waals surface area (Å²) in [4.78, 5) is 2.44. The van der Waals surface area contributed by atoms with Crippen LogP contribution in [0.3, 0.4) is 0 Å². The molecule has 0 unspecified atom stereocenters. The first-order valence-electron chi connectivity index (χ1n) is 10.3. The predicted octanol–water partition coefficient (Wildman–Crippen LogP) is 4.77. The summed E-state index contributed by atoms with van der Waals surface area (Å²) in [5, 5.41) is 14.7. The van der Waals surface area contributed by atoms with E-state index in [1.807, 2.05) is 30.3 Å². The van der Waals surface area contributed by atoms with Gasteiger partial charge in [0.2, 0.25) is 0 Å². The van der Waals surface area contributed by atoms with Gasteiger partial charge < -0.3 is 14.0 Å². The third-order valence-electron chi connectivity index (χ3n) is 5.39. The molecule has 0 bridgehead atoms. The first kappa shape index (κ1) is 20.0. The van der Waals surface area contributed by atoms with Crippen molar-refractivity contribution in [3.8, 4) is 17.6 Å². The highest BCUT2D eigenvalue weighted by atomic mass is 16.5. The number of aromatic nitrogens is 1. The third kappa shape index (κ3) is 4.47. The number of para-hydroxylation sites is 1. The molecule has 0 saturated carbocycles. The molecule has 3 aromatic rings. The van der Waals surface area contributed by atoms with Gasteiger partial charge in [0, 0.05) is 12.1 Å². The van der Waals surface area contributed by atoms with Gasteiger partial charge in [0.1, 0.15) is 29.9 Å². The van der Waals surface area contributed by atoms with Crippen LogP contribution in [0.25, 0.3) is 22.6 Å². The van der Waals surface area contributed by atoms with Crippen LogP contribution >= 0.6 is 0 Å². The molecule has 6 heteroatoms. The van der Waals surface area contributed by atoms with Gasteiger partial charge in [0.25, 0.3) is 0 Å². The zero-order chi connectivity index (χ0) is 20.8.